The van der Waals surface area contributed by atoms with Crippen LogP contribution in [0.5, 0.6) is 0 Å². The van der Waals surface area contributed by atoms with Crippen molar-refractivity contribution in [2.75, 3.05) is 5.32 Å². The quantitative estimate of drug-likeness (QED) is 0.550. The molecule has 0 aliphatic rings. The molecule has 4 heteroatoms. The van der Waals surface area contributed by atoms with E-state index in [0.717, 1.165) is 12.8 Å². The third kappa shape index (κ3) is 7.16. The van der Waals surface area contributed by atoms with Gasteiger partial charge < -0.3 is 5.32 Å². The van der Waals surface area contributed by atoms with E-state index < -0.39 is 0 Å². The first kappa shape index (κ1) is 17.3. The van der Waals surface area contributed by atoms with Gasteiger partial charge in [-0.2, -0.15) is 0 Å². The Morgan fingerprint density at radius 1 is 1.05 bits per heavy atom. The van der Waals surface area contributed by atoms with Crippen molar-refractivity contribution in [1.82, 2.24) is 0 Å². The van der Waals surface area contributed by atoms with Crippen LogP contribution in [-0.2, 0) is 4.79 Å². The second-order valence-electron chi connectivity index (χ2n) is 5.04. The molecule has 0 aliphatic carbocycles. The summed E-state index contributed by atoms with van der Waals surface area (Å²) in [6.07, 6.45) is 8.95. The molecule has 0 saturated carbocycles. The standard InChI is InChI=1S/C16H23Cl2NO/c1-2-3-4-5-6-7-8-9-16(20)19-15-12-13(17)10-11-14(15)18/h10-12H,2-9H2,1H3,(H,19,20). The van der Waals surface area contributed by atoms with Crippen LogP contribution in [0.3, 0.4) is 0 Å². The van der Waals surface area contributed by atoms with E-state index in [1.54, 1.807) is 18.2 Å². The number of benzene rings is 1. The fourth-order valence-corrected chi connectivity index (χ4v) is 2.39. The fourth-order valence-electron chi connectivity index (χ4n) is 2.05. The van der Waals surface area contributed by atoms with E-state index in [1.165, 1.54) is 32.1 Å². The maximum atomic E-state index is 11.8. The van der Waals surface area contributed by atoms with Crippen LogP contribution in [0.1, 0.15) is 58.3 Å². The van der Waals surface area contributed by atoms with E-state index in [9.17, 15) is 4.79 Å². The van der Waals surface area contributed by atoms with E-state index in [1.807, 2.05) is 0 Å². The van der Waals surface area contributed by atoms with Gasteiger partial charge in [0, 0.05) is 11.4 Å². The smallest absolute Gasteiger partial charge is 0.224 e. The van der Waals surface area contributed by atoms with Crippen LogP contribution in [0, 0.1) is 0 Å². The molecule has 0 spiro atoms. The van der Waals surface area contributed by atoms with Gasteiger partial charge in [-0.15, -0.1) is 0 Å². The summed E-state index contributed by atoms with van der Waals surface area (Å²) in [7, 11) is 0. The molecular weight excluding hydrogens is 293 g/mol. The Bertz CT molecular complexity index is 421. The van der Waals surface area contributed by atoms with E-state index >= 15 is 0 Å². The topological polar surface area (TPSA) is 29.1 Å². The summed E-state index contributed by atoms with van der Waals surface area (Å²) < 4.78 is 0. The third-order valence-electron chi connectivity index (χ3n) is 3.21. The number of rotatable bonds is 9. The second kappa shape index (κ2) is 10.1. The second-order valence-corrected chi connectivity index (χ2v) is 5.89. The van der Waals surface area contributed by atoms with E-state index in [0.29, 0.717) is 22.2 Å². The molecule has 1 aromatic carbocycles. The van der Waals surface area contributed by atoms with Crippen LogP contribution < -0.4 is 5.32 Å². The molecule has 0 aliphatic heterocycles. The molecule has 0 saturated heterocycles. The summed E-state index contributed by atoms with van der Waals surface area (Å²) >= 11 is 11.9. The van der Waals surface area contributed by atoms with E-state index in [2.05, 4.69) is 12.2 Å². The van der Waals surface area contributed by atoms with Crippen molar-refractivity contribution in [2.45, 2.75) is 58.3 Å². The number of hydrogen-bond donors (Lipinski definition) is 1. The van der Waals surface area contributed by atoms with Gasteiger partial charge in [-0.1, -0.05) is 68.7 Å². The van der Waals surface area contributed by atoms with E-state index in [-0.39, 0.29) is 5.91 Å². The van der Waals surface area contributed by atoms with Crippen molar-refractivity contribution in [2.24, 2.45) is 0 Å². The molecule has 0 aromatic heterocycles. The first-order valence-corrected chi connectivity index (χ1v) is 8.14. The van der Waals surface area contributed by atoms with Crippen LogP contribution in [0.15, 0.2) is 18.2 Å². The summed E-state index contributed by atoms with van der Waals surface area (Å²) in [4.78, 5) is 11.8. The highest BCUT2D eigenvalue weighted by Crippen LogP contribution is 2.25. The molecule has 0 unspecified atom stereocenters. The zero-order chi connectivity index (χ0) is 14.8. The number of carbonyl (C=O) groups is 1. The number of nitrogens with one attached hydrogen (secondary N) is 1. The number of unbranched alkanes of at least 4 members (excludes halogenated alkanes) is 6. The summed E-state index contributed by atoms with van der Waals surface area (Å²) in [5, 5.41) is 3.89. The van der Waals surface area contributed by atoms with Crippen molar-refractivity contribution in [3.05, 3.63) is 28.2 Å². The molecular formula is C16H23Cl2NO. The highest BCUT2D eigenvalue weighted by Gasteiger charge is 2.06. The molecule has 0 atom stereocenters. The monoisotopic (exact) mass is 315 g/mol. The summed E-state index contributed by atoms with van der Waals surface area (Å²) in [5.41, 5.74) is 0.590. The zero-order valence-electron chi connectivity index (χ0n) is 12.1. The lowest BCUT2D eigenvalue weighted by molar-refractivity contribution is -0.116. The molecule has 0 heterocycles. The Morgan fingerprint density at radius 3 is 2.40 bits per heavy atom. The van der Waals surface area contributed by atoms with Crippen LogP contribution in [0.2, 0.25) is 10.0 Å². The van der Waals surface area contributed by atoms with Gasteiger partial charge in [0.05, 0.1) is 10.7 Å². The van der Waals surface area contributed by atoms with Gasteiger partial charge >= 0.3 is 0 Å². The lowest BCUT2D eigenvalue weighted by Gasteiger charge is -2.07. The molecule has 1 N–H and O–H groups in total. The van der Waals surface area contributed by atoms with Gasteiger partial charge in [-0.25, -0.2) is 0 Å². The first-order valence-electron chi connectivity index (χ1n) is 7.38. The number of carbonyl (C=O) groups excluding carboxylic acids is 1. The number of amides is 1. The maximum absolute atomic E-state index is 11.8. The van der Waals surface area contributed by atoms with Crippen LogP contribution in [-0.4, -0.2) is 5.91 Å². The average Bonchev–Trinajstić information content (AvgIpc) is 2.42. The minimum atomic E-state index is 0.00252. The number of halogens is 2. The minimum absolute atomic E-state index is 0.00252. The van der Waals surface area contributed by atoms with Gasteiger partial charge in [-0.3, -0.25) is 4.79 Å². The van der Waals surface area contributed by atoms with Crippen molar-refractivity contribution in [3.8, 4) is 0 Å². The highest BCUT2D eigenvalue weighted by molar-refractivity contribution is 6.35. The predicted molar refractivity (Wildman–Crippen MR) is 87.7 cm³/mol. The lowest BCUT2D eigenvalue weighted by atomic mass is 10.1. The Hall–Kier alpha value is -0.730. The predicted octanol–water partition coefficient (Wildman–Crippen LogP) is 6.07. The fraction of sp³-hybridized carbons (Fsp3) is 0.562. The molecule has 1 rings (SSSR count). The summed E-state index contributed by atoms with van der Waals surface area (Å²) in [5.74, 6) is 0.00252. The molecule has 0 radical (unpaired) electrons. The van der Waals surface area contributed by atoms with Gasteiger partial charge in [-0.05, 0) is 24.6 Å². The third-order valence-corrected chi connectivity index (χ3v) is 3.77. The summed E-state index contributed by atoms with van der Waals surface area (Å²) in [6, 6.07) is 5.07. The molecule has 0 bridgehead atoms. The van der Waals surface area contributed by atoms with Gasteiger partial charge in [0.15, 0.2) is 0 Å². The molecule has 112 valence electrons. The average molecular weight is 316 g/mol. The Morgan fingerprint density at radius 2 is 1.70 bits per heavy atom. The molecule has 20 heavy (non-hydrogen) atoms. The van der Waals surface area contributed by atoms with Crippen molar-refractivity contribution >= 4 is 34.8 Å². The minimum Gasteiger partial charge on any atom is -0.325 e. The van der Waals surface area contributed by atoms with Crippen molar-refractivity contribution in [3.63, 3.8) is 0 Å². The normalized spacial score (nSPS) is 10.6. The molecule has 2 nitrogen and oxygen atoms in total. The van der Waals surface area contributed by atoms with Crippen LogP contribution in [0.25, 0.3) is 0 Å². The first-order chi connectivity index (χ1) is 9.63. The Kier molecular flexibility index (Phi) is 8.72. The SMILES string of the molecule is CCCCCCCCCC(=O)Nc1cc(Cl)ccc1Cl. The Labute approximate surface area is 131 Å². The van der Waals surface area contributed by atoms with E-state index in [4.69, 9.17) is 23.2 Å². The Balaban J connectivity index is 2.19. The lowest BCUT2D eigenvalue weighted by Crippen LogP contribution is -2.11. The number of hydrogen-bond acceptors (Lipinski definition) is 1. The zero-order valence-corrected chi connectivity index (χ0v) is 13.6. The van der Waals surface area contributed by atoms with Gasteiger partial charge in [0.2, 0.25) is 5.91 Å². The maximum Gasteiger partial charge on any atom is 0.224 e. The summed E-state index contributed by atoms with van der Waals surface area (Å²) in [6.45, 7) is 2.21. The van der Waals surface area contributed by atoms with Gasteiger partial charge in [0.1, 0.15) is 0 Å². The van der Waals surface area contributed by atoms with Crippen LogP contribution >= 0.6 is 23.2 Å². The molecule has 1 aromatic rings. The van der Waals surface area contributed by atoms with Crippen molar-refractivity contribution in [1.29, 1.82) is 0 Å². The largest absolute Gasteiger partial charge is 0.325 e. The van der Waals surface area contributed by atoms with Gasteiger partial charge in [0.25, 0.3) is 0 Å². The number of anilines is 1. The highest BCUT2D eigenvalue weighted by atomic mass is 35.5. The van der Waals surface area contributed by atoms with Crippen LogP contribution in [0.4, 0.5) is 5.69 Å². The molecule has 0 fully saturated rings. The van der Waals surface area contributed by atoms with Crippen molar-refractivity contribution < 1.29 is 4.79 Å². The molecule has 1 amide bonds.